The highest BCUT2D eigenvalue weighted by Crippen LogP contribution is 2.29. The summed E-state index contributed by atoms with van der Waals surface area (Å²) >= 11 is 3.50. The molecule has 1 aromatic carbocycles. The van der Waals surface area contributed by atoms with E-state index in [4.69, 9.17) is 0 Å². The van der Waals surface area contributed by atoms with Crippen molar-refractivity contribution in [3.05, 3.63) is 63.6 Å². The van der Waals surface area contributed by atoms with Gasteiger partial charge >= 0.3 is 0 Å². The summed E-state index contributed by atoms with van der Waals surface area (Å²) in [5.74, 6) is 0.898. The molecule has 0 bridgehead atoms. The van der Waals surface area contributed by atoms with E-state index in [1.165, 1.54) is 22.4 Å². The second-order valence-corrected chi connectivity index (χ2v) is 6.51. The third kappa shape index (κ3) is 2.71. The summed E-state index contributed by atoms with van der Waals surface area (Å²) in [7, 11) is 0. The number of aryl methyl sites for hydroxylation is 4. The molecule has 4 heteroatoms. The molecule has 0 aliphatic rings. The Hall–Kier alpha value is -1.94. The lowest BCUT2D eigenvalue weighted by Crippen LogP contribution is -2.02. The van der Waals surface area contributed by atoms with Gasteiger partial charge in [0.2, 0.25) is 0 Å². The predicted octanol–water partition coefficient (Wildman–Crippen LogP) is 4.93. The minimum Gasteiger partial charge on any atom is -0.298 e. The maximum atomic E-state index is 4.63. The molecule has 0 fully saturated rings. The molecule has 22 heavy (non-hydrogen) atoms. The van der Waals surface area contributed by atoms with Crippen molar-refractivity contribution < 1.29 is 0 Å². The van der Waals surface area contributed by atoms with Gasteiger partial charge in [-0.1, -0.05) is 17.7 Å². The molecule has 2 heterocycles. The molecule has 2 aromatic heterocycles. The molecule has 0 amide bonds. The number of benzene rings is 1. The predicted molar refractivity (Wildman–Crippen MR) is 93.4 cm³/mol. The van der Waals surface area contributed by atoms with E-state index >= 15 is 0 Å². The molecule has 0 saturated heterocycles. The lowest BCUT2D eigenvalue weighted by Gasteiger charge is -2.15. The second kappa shape index (κ2) is 5.69. The third-order valence-corrected chi connectivity index (χ3v) is 4.10. The Bertz CT molecular complexity index is 809. The van der Waals surface area contributed by atoms with E-state index in [0.717, 1.165) is 21.7 Å². The van der Waals surface area contributed by atoms with Gasteiger partial charge in [0.1, 0.15) is 10.4 Å². The number of aromatic nitrogens is 3. The Morgan fingerprint density at radius 1 is 1.00 bits per heavy atom. The molecule has 0 aliphatic carbocycles. The van der Waals surface area contributed by atoms with Crippen LogP contribution < -0.4 is 0 Å². The van der Waals surface area contributed by atoms with Crippen molar-refractivity contribution >= 4 is 15.9 Å². The van der Waals surface area contributed by atoms with Gasteiger partial charge < -0.3 is 0 Å². The Kier molecular flexibility index (Phi) is 3.87. The van der Waals surface area contributed by atoms with Crippen LogP contribution in [0.4, 0.5) is 0 Å². The molecule has 0 saturated carbocycles. The van der Waals surface area contributed by atoms with Crippen molar-refractivity contribution in [2.75, 3.05) is 0 Å². The molecule has 0 aliphatic heterocycles. The van der Waals surface area contributed by atoms with E-state index in [0.29, 0.717) is 0 Å². The van der Waals surface area contributed by atoms with Crippen molar-refractivity contribution in [3.63, 3.8) is 0 Å². The van der Waals surface area contributed by atoms with Crippen LogP contribution in [0.2, 0.25) is 0 Å². The SMILES string of the molecule is Cc1cc(C)c(-n2cc(Br)nc2-c2ccc(C)nc2)c(C)c1. The van der Waals surface area contributed by atoms with E-state index in [2.05, 4.69) is 69.4 Å². The molecule has 112 valence electrons. The Labute approximate surface area is 139 Å². The minimum absolute atomic E-state index is 0.822. The minimum atomic E-state index is 0.822. The molecule has 0 radical (unpaired) electrons. The highest BCUT2D eigenvalue weighted by Gasteiger charge is 2.14. The molecular weight excluding hydrogens is 338 g/mol. The highest BCUT2D eigenvalue weighted by molar-refractivity contribution is 9.10. The van der Waals surface area contributed by atoms with Gasteiger partial charge in [-0.05, 0) is 66.9 Å². The number of imidazole rings is 1. The maximum absolute atomic E-state index is 4.63. The third-order valence-electron chi connectivity index (χ3n) is 3.72. The van der Waals surface area contributed by atoms with Crippen molar-refractivity contribution in [2.24, 2.45) is 0 Å². The van der Waals surface area contributed by atoms with Crippen molar-refractivity contribution in [3.8, 4) is 17.1 Å². The molecule has 0 unspecified atom stereocenters. The first-order valence-electron chi connectivity index (χ1n) is 7.22. The van der Waals surface area contributed by atoms with Crippen LogP contribution in [0.25, 0.3) is 17.1 Å². The van der Waals surface area contributed by atoms with Crippen LogP contribution in [0, 0.1) is 27.7 Å². The molecule has 0 atom stereocenters. The molecule has 3 aromatic rings. The molecule has 0 spiro atoms. The molecule has 3 nitrogen and oxygen atoms in total. The average molecular weight is 356 g/mol. The highest BCUT2D eigenvalue weighted by atomic mass is 79.9. The average Bonchev–Trinajstić information content (AvgIpc) is 2.80. The summed E-state index contributed by atoms with van der Waals surface area (Å²) in [6, 6.07) is 8.48. The van der Waals surface area contributed by atoms with E-state index in [1.807, 2.05) is 25.4 Å². The standard InChI is InChI=1S/C18H18BrN3/c1-11-7-12(2)17(13(3)8-11)22-10-16(19)21-18(22)15-6-5-14(4)20-9-15/h5-10H,1-4H3. The van der Waals surface area contributed by atoms with Gasteiger partial charge in [0.15, 0.2) is 0 Å². The van der Waals surface area contributed by atoms with Crippen LogP contribution in [0.5, 0.6) is 0 Å². The van der Waals surface area contributed by atoms with Crippen molar-refractivity contribution in [2.45, 2.75) is 27.7 Å². The Morgan fingerprint density at radius 3 is 2.27 bits per heavy atom. The fourth-order valence-corrected chi connectivity index (χ4v) is 3.25. The zero-order valence-electron chi connectivity index (χ0n) is 13.2. The maximum Gasteiger partial charge on any atom is 0.147 e. The van der Waals surface area contributed by atoms with Crippen molar-refractivity contribution in [1.29, 1.82) is 0 Å². The van der Waals surface area contributed by atoms with Gasteiger partial charge in [-0.3, -0.25) is 9.55 Å². The number of hydrogen-bond donors (Lipinski definition) is 0. The van der Waals surface area contributed by atoms with Crippen LogP contribution in [0.1, 0.15) is 22.4 Å². The number of hydrogen-bond acceptors (Lipinski definition) is 2. The summed E-state index contributed by atoms with van der Waals surface area (Å²) in [6.07, 6.45) is 3.89. The fourth-order valence-electron chi connectivity index (χ4n) is 2.88. The first-order valence-corrected chi connectivity index (χ1v) is 8.01. The first-order chi connectivity index (χ1) is 10.5. The number of halogens is 1. The molecule has 3 rings (SSSR count). The van der Waals surface area contributed by atoms with Gasteiger partial charge in [0, 0.05) is 23.7 Å². The summed E-state index contributed by atoms with van der Waals surface area (Å²) in [5.41, 5.74) is 6.95. The number of pyridine rings is 1. The molecule has 0 N–H and O–H groups in total. The van der Waals surface area contributed by atoms with Crippen LogP contribution in [0.15, 0.2) is 41.3 Å². The largest absolute Gasteiger partial charge is 0.298 e. The fraction of sp³-hybridized carbons (Fsp3) is 0.222. The lowest BCUT2D eigenvalue weighted by atomic mass is 10.0. The van der Waals surface area contributed by atoms with Gasteiger partial charge in [-0.25, -0.2) is 4.98 Å². The van der Waals surface area contributed by atoms with Crippen LogP contribution in [0.3, 0.4) is 0 Å². The first kappa shape index (κ1) is 15.0. The quantitative estimate of drug-likeness (QED) is 0.652. The summed E-state index contributed by atoms with van der Waals surface area (Å²) in [4.78, 5) is 9.02. The van der Waals surface area contributed by atoms with Crippen LogP contribution in [-0.2, 0) is 0 Å². The van der Waals surface area contributed by atoms with E-state index in [9.17, 15) is 0 Å². The van der Waals surface area contributed by atoms with E-state index in [-0.39, 0.29) is 0 Å². The van der Waals surface area contributed by atoms with Gasteiger partial charge in [0.25, 0.3) is 0 Å². The van der Waals surface area contributed by atoms with Crippen LogP contribution >= 0.6 is 15.9 Å². The number of nitrogens with zero attached hydrogens (tertiary/aromatic N) is 3. The lowest BCUT2D eigenvalue weighted by molar-refractivity contribution is 1.02. The van der Waals surface area contributed by atoms with Crippen LogP contribution in [-0.4, -0.2) is 14.5 Å². The van der Waals surface area contributed by atoms with E-state index in [1.54, 1.807) is 0 Å². The zero-order chi connectivity index (χ0) is 15.9. The number of rotatable bonds is 2. The summed E-state index contributed by atoms with van der Waals surface area (Å²) in [5, 5.41) is 0. The van der Waals surface area contributed by atoms with Gasteiger partial charge in [-0.15, -0.1) is 0 Å². The Balaban J connectivity index is 2.23. The monoisotopic (exact) mass is 355 g/mol. The summed E-state index contributed by atoms with van der Waals surface area (Å²) < 4.78 is 2.96. The summed E-state index contributed by atoms with van der Waals surface area (Å²) in [6.45, 7) is 8.39. The topological polar surface area (TPSA) is 30.7 Å². The smallest absolute Gasteiger partial charge is 0.147 e. The van der Waals surface area contributed by atoms with Gasteiger partial charge in [-0.2, -0.15) is 0 Å². The normalized spacial score (nSPS) is 11.0. The van der Waals surface area contributed by atoms with Crippen molar-refractivity contribution in [1.82, 2.24) is 14.5 Å². The zero-order valence-corrected chi connectivity index (χ0v) is 14.8. The van der Waals surface area contributed by atoms with Gasteiger partial charge in [0.05, 0.1) is 5.69 Å². The second-order valence-electron chi connectivity index (χ2n) is 5.69. The van der Waals surface area contributed by atoms with E-state index < -0.39 is 0 Å². The molecular formula is C18H18BrN3. The Morgan fingerprint density at radius 2 is 1.68 bits per heavy atom.